The van der Waals surface area contributed by atoms with E-state index in [2.05, 4.69) is 24.2 Å². The first kappa shape index (κ1) is 16.8. The highest BCUT2D eigenvalue weighted by molar-refractivity contribution is 5.31. The summed E-state index contributed by atoms with van der Waals surface area (Å²) in [5.41, 5.74) is 0. The van der Waals surface area contributed by atoms with E-state index in [0.717, 1.165) is 31.1 Å². The first-order valence-corrected chi connectivity index (χ1v) is 7.00. The average molecular weight is 282 g/mol. The van der Waals surface area contributed by atoms with Crippen molar-refractivity contribution >= 4 is 0 Å². The molecule has 114 valence electrons. The Balaban J connectivity index is 2.14. The van der Waals surface area contributed by atoms with Gasteiger partial charge in [0.05, 0.1) is 7.11 Å². The molecular weight excluding hydrogens is 256 g/mol. The van der Waals surface area contributed by atoms with E-state index < -0.39 is 6.10 Å². The van der Waals surface area contributed by atoms with Crippen molar-refractivity contribution in [2.24, 2.45) is 0 Å². The van der Waals surface area contributed by atoms with Crippen LogP contribution in [0.15, 0.2) is 24.3 Å². The Morgan fingerprint density at radius 1 is 1.25 bits per heavy atom. The average Bonchev–Trinajstić information content (AvgIpc) is 2.49. The molecule has 5 heteroatoms. The maximum Gasteiger partial charge on any atom is 0.119 e. The number of rotatable bonds is 10. The van der Waals surface area contributed by atoms with Crippen LogP contribution in [0.2, 0.25) is 0 Å². The molecule has 0 radical (unpaired) electrons. The molecule has 0 fully saturated rings. The van der Waals surface area contributed by atoms with Gasteiger partial charge in [-0.05, 0) is 37.9 Å². The van der Waals surface area contributed by atoms with Crippen molar-refractivity contribution in [2.75, 3.05) is 46.9 Å². The van der Waals surface area contributed by atoms with Crippen LogP contribution >= 0.6 is 0 Å². The molecule has 1 rings (SSSR count). The van der Waals surface area contributed by atoms with Gasteiger partial charge in [-0.2, -0.15) is 0 Å². The number of nitrogens with one attached hydrogen (secondary N) is 1. The molecule has 0 aliphatic rings. The standard InChI is InChI=1S/C15H26N2O3/c1-4-17(2)10-9-16-11-13(18)12-20-15-7-5-14(19-3)6-8-15/h5-8,13,16,18H,4,9-12H2,1-3H3. The molecule has 0 amide bonds. The fourth-order valence-electron chi connectivity index (χ4n) is 1.62. The summed E-state index contributed by atoms with van der Waals surface area (Å²) in [6.45, 7) is 5.81. The fourth-order valence-corrected chi connectivity index (χ4v) is 1.62. The second-order valence-corrected chi connectivity index (χ2v) is 4.74. The molecule has 0 aliphatic heterocycles. The normalized spacial score (nSPS) is 12.4. The lowest BCUT2D eigenvalue weighted by Gasteiger charge is -2.16. The van der Waals surface area contributed by atoms with Crippen LogP contribution in [-0.2, 0) is 0 Å². The number of ether oxygens (including phenoxy) is 2. The van der Waals surface area contributed by atoms with Crippen molar-refractivity contribution in [3.8, 4) is 11.5 Å². The van der Waals surface area contributed by atoms with Crippen LogP contribution in [0.25, 0.3) is 0 Å². The largest absolute Gasteiger partial charge is 0.497 e. The van der Waals surface area contributed by atoms with Crippen molar-refractivity contribution < 1.29 is 14.6 Å². The van der Waals surface area contributed by atoms with Gasteiger partial charge in [-0.1, -0.05) is 6.92 Å². The number of aliphatic hydroxyl groups excluding tert-OH is 1. The number of nitrogens with zero attached hydrogens (tertiary/aromatic N) is 1. The second kappa shape index (κ2) is 9.58. The summed E-state index contributed by atoms with van der Waals surface area (Å²) < 4.78 is 10.6. The summed E-state index contributed by atoms with van der Waals surface area (Å²) in [6, 6.07) is 7.32. The number of likely N-dealkylation sites (N-methyl/N-ethyl adjacent to an activating group) is 1. The van der Waals surface area contributed by atoms with E-state index in [1.54, 1.807) is 7.11 Å². The van der Waals surface area contributed by atoms with Crippen molar-refractivity contribution in [3.63, 3.8) is 0 Å². The van der Waals surface area contributed by atoms with Gasteiger partial charge in [-0.25, -0.2) is 0 Å². The predicted octanol–water partition coefficient (Wildman–Crippen LogP) is 0.976. The van der Waals surface area contributed by atoms with Crippen LogP contribution in [0.1, 0.15) is 6.92 Å². The van der Waals surface area contributed by atoms with Crippen LogP contribution in [-0.4, -0.2) is 63.1 Å². The lowest BCUT2D eigenvalue weighted by atomic mass is 10.3. The summed E-state index contributed by atoms with van der Waals surface area (Å²) in [5, 5.41) is 13.0. The van der Waals surface area contributed by atoms with E-state index in [1.165, 1.54) is 0 Å². The minimum atomic E-state index is -0.510. The highest BCUT2D eigenvalue weighted by atomic mass is 16.5. The number of hydrogen-bond acceptors (Lipinski definition) is 5. The van der Waals surface area contributed by atoms with E-state index in [0.29, 0.717) is 6.54 Å². The van der Waals surface area contributed by atoms with Gasteiger partial charge in [0, 0.05) is 19.6 Å². The maximum atomic E-state index is 9.81. The van der Waals surface area contributed by atoms with E-state index in [9.17, 15) is 5.11 Å². The quantitative estimate of drug-likeness (QED) is 0.627. The Morgan fingerprint density at radius 2 is 1.90 bits per heavy atom. The molecule has 5 nitrogen and oxygen atoms in total. The SMILES string of the molecule is CCN(C)CCNCC(O)COc1ccc(OC)cc1. The Hall–Kier alpha value is -1.30. The molecule has 1 atom stereocenters. The van der Waals surface area contributed by atoms with Gasteiger partial charge in [-0.15, -0.1) is 0 Å². The third-order valence-electron chi connectivity index (χ3n) is 3.09. The topological polar surface area (TPSA) is 54.0 Å². The van der Waals surface area contributed by atoms with Crippen molar-refractivity contribution in [1.29, 1.82) is 0 Å². The van der Waals surface area contributed by atoms with Crippen LogP contribution in [0.3, 0.4) is 0 Å². The van der Waals surface area contributed by atoms with Gasteiger partial charge < -0.3 is 24.8 Å². The van der Waals surface area contributed by atoms with Crippen LogP contribution in [0.5, 0.6) is 11.5 Å². The van der Waals surface area contributed by atoms with Crippen LogP contribution in [0.4, 0.5) is 0 Å². The van der Waals surface area contributed by atoms with Crippen molar-refractivity contribution in [2.45, 2.75) is 13.0 Å². The van der Waals surface area contributed by atoms with Crippen molar-refractivity contribution in [1.82, 2.24) is 10.2 Å². The predicted molar refractivity (Wildman–Crippen MR) is 80.5 cm³/mol. The maximum absolute atomic E-state index is 9.81. The molecule has 0 aromatic heterocycles. The minimum Gasteiger partial charge on any atom is -0.497 e. The van der Waals surface area contributed by atoms with Gasteiger partial charge in [0.25, 0.3) is 0 Å². The smallest absolute Gasteiger partial charge is 0.119 e. The Labute approximate surface area is 121 Å². The van der Waals surface area contributed by atoms with Gasteiger partial charge in [0.2, 0.25) is 0 Å². The first-order valence-electron chi connectivity index (χ1n) is 7.00. The Bertz CT molecular complexity index is 357. The highest BCUT2D eigenvalue weighted by Crippen LogP contribution is 2.16. The molecular formula is C15H26N2O3. The minimum absolute atomic E-state index is 0.281. The third-order valence-corrected chi connectivity index (χ3v) is 3.09. The number of aliphatic hydroxyl groups is 1. The molecule has 20 heavy (non-hydrogen) atoms. The number of benzene rings is 1. The molecule has 0 saturated carbocycles. The van der Waals surface area contributed by atoms with E-state index in [1.807, 2.05) is 24.3 Å². The second-order valence-electron chi connectivity index (χ2n) is 4.74. The number of methoxy groups -OCH3 is 1. The molecule has 1 aromatic rings. The van der Waals surface area contributed by atoms with Gasteiger partial charge >= 0.3 is 0 Å². The van der Waals surface area contributed by atoms with E-state index in [-0.39, 0.29) is 6.61 Å². The molecule has 0 heterocycles. The molecule has 0 aliphatic carbocycles. The zero-order valence-corrected chi connectivity index (χ0v) is 12.6. The van der Waals surface area contributed by atoms with E-state index in [4.69, 9.17) is 9.47 Å². The van der Waals surface area contributed by atoms with Gasteiger partial charge in [-0.3, -0.25) is 0 Å². The molecule has 0 spiro atoms. The first-order chi connectivity index (χ1) is 9.65. The summed E-state index contributed by atoms with van der Waals surface area (Å²) in [7, 11) is 3.70. The summed E-state index contributed by atoms with van der Waals surface area (Å²) >= 11 is 0. The Morgan fingerprint density at radius 3 is 2.50 bits per heavy atom. The van der Waals surface area contributed by atoms with Crippen molar-refractivity contribution in [3.05, 3.63) is 24.3 Å². The Kier molecular flexibility index (Phi) is 8.02. The fraction of sp³-hybridized carbons (Fsp3) is 0.600. The van der Waals surface area contributed by atoms with Crippen LogP contribution in [0, 0.1) is 0 Å². The molecule has 2 N–H and O–H groups in total. The van der Waals surface area contributed by atoms with Crippen LogP contribution < -0.4 is 14.8 Å². The lowest BCUT2D eigenvalue weighted by molar-refractivity contribution is 0.106. The van der Waals surface area contributed by atoms with E-state index >= 15 is 0 Å². The zero-order chi connectivity index (χ0) is 14.8. The third kappa shape index (κ3) is 6.75. The molecule has 1 unspecified atom stereocenters. The molecule has 0 bridgehead atoms. The summed E-state index contributed by atoms with van der Waals surface area (Å²) in [4.78, 5) is 2.22. The van der Waals surface area contributed by atoms with Gasteiger partial charge in [0.1, 0.15) is 24.2 Å². The molecule has 1 aromatic carbocycles. The summed E-state index contributed by atoms with van der Waals surface area (Å²) in [5.74, 6) is 1.52. The lowest BCUT2D eigenvalue weighted by Crippen LogP contribution is -2.36. The zero-order valence-electron chi connectivity index (χ0n) is 12.6. The highest BCUT2D eigenvalue weighted by Gasteiger charge is 2.05. The molecule has 0 saturated heterocycles. The number of hydrogen-bond donors (Lipinski definition) is 2. The van der Waals surface area contributed by atoms with Gasteiger partial charge in [0.15, 0.2) is 0 Å². The summed E-state index contributed by atoms with van der Waals surface area (Å²) in [6.07, 6.45) is -0.510. The monoisotopic (exact) mass is 282 g/mol.